The maximum absolute atomic E-state index is 14.2. The van der Waals surface area contributed by atoms with Crippen molar-refractivity contribution in [2.24, 2.45) is 0 Å². The highest BCUT2D eigenvalue weighted by Crippen LogP contribution is 2.56. The highest BCUT2D eigenvalue weighted by molar-refractivity contribution is 7.99. The molecule has 0 aromatic heterocycles. The number of phosphoric acid groups is 1. The molecule has 1 atom stereocenters. The fourth-order valence-electron chi connectivity index (χ4n) is 4.68. The average Bonchev–Trinajstić information content (AvgIpc) is 3.19. The molecule has 2 aliphatic rings. The number of benzene rings is 4. The van der Waals surface area contributed by atoms with Gasteiger partial charge in [-0.15, -0.1) is 0 Å². The van der Waals surface area contributed by atoms with E-state index in [9.17, 15) is 18.2 Å². The number of hydrogen-bond donors (Lipinski definition) is 1. The molecule has 4 aromatic rings. The van der Waals surface area contributed by atoms with Gasteiger partial charge in [-0.1, -0.05) is 54.7 Å². The van der Waals surface area contributed by atoms with Gasteiger partial charge in [0.25, 0.3) is 0 Å². The molecular weight excluding hydrogens is 585 g/mol. The summed E-state index contributed by atoms with van der Waals surface area (Å²) in [4.78, 5) is 14.1. The molecule has 0 aliphatic carbocycles. The third-order valence-electron chi connectivity index (χ3n) is 6.58. The summed E-state index contributed by atoms with van der Waals surface area (Å²) in [5.74, 6) is -0.298. The molecule has 0 amide bonds. The van der Waals surface area contributed by atoms with Crippen LogP contribution in [0.5, 0.6) is 5.75 Å². The first-order chi connectivity index (χ1) is 19.7. The summed E-state index contributed by atoms with van der Waals surface area (Å²) in [6.07, 6.45) is 3.77. The molecule has 41 heavy (non-hydrogen) atoms. The van der Waals surface area contributed by atoms with Crippen LogP contribution in [0.3, 0.4) is 0 Å². The van der Waals surface area contributed by atoms with Crippen molar-refractivity contribution < 1.29 is 32.0 Å². The molecule has 2 aliphatic heterocycles. The highest BCUT2D eigenvalue weighted by atomic mass is 32.2. The zero-order chi connectivity index (χ0) is 28.7. The first kappa shape index (κ1) is 27.7. The van der Waals surface area contributed by atoms with Crippen molar-refractivity contribution in [3.8, 4) is 5.75 Å². The molecule has 2 heterocycles. The Morgan fingerprint density at radius 1 is 0.780 bits per heavy atom. The van der Waals surface area contributed by atoms with Crippen LogP contribution in [0.4, 0.5) is 8.78 Å². The van der Waals surface area contributed by atoms with Crippen LogP contribution in [-0.4, -0.2) is 12.0 Å². The molecule has 0 bridgehead atoms. The Balaban J connectivity index is 1.44. The lowest BCUT2D eigenvalue weighted by Gasteiger charge is -2.20. The van der Waals surface area contributed by atoms with Crippen molar-refractivity contribution in [1.82, 2.24) is 0 Å². The van der Waals surface area contributed by atoms with Crippen LogP contribution in [0.2, 0.25) is 0 Å². The Bertz CT molecular complexity index is 1680. The predicted octanol–water partition coefficient (Wildman–Crippen LogP) is 9.29. The van der Waals surface area contributed by atoms with Crippen LogP contribution < -0.4 is 4.74 Å². The van der Waals surface area contributed by atoms with E-state index in [1.54, 1.807) is 42.5 Å². The second-order valence-electron chi connectivity index (χ2n) is 9.22. The maximum atomic E-state index is 14.2. The van der Waals surface area contributed by atoms with Crippen LogP contribution >= 0.6 is 31.3 Å². The average molecular weight is 609 g/mol. The number of ether oxygens (including phenoxy) is 1. The van der Waals surface area contributed by atoms with Gasteiger partial charge in [-0.2, -0.15) is 0 Å². The second-order valence-corrected chi connectivity index (χ2v) is 12.6. The van der Waals surface area contributed by atoms with E-state index in [2.05, 4.69) is 0 Å². The first-order valence-corrected chi connectivity index (χ1v) is 15.8. The Hall–Kier alpha value is -3.49. The van der Waals surface area contributed by atoms with Crippen molar-refractivity contribution in [2.75, 3.05) is 7.11 Å². The summed E-state index contributed by atoms with van der Waals surface area (Å²) in [6.45, 7) is 2.01. The summed E-state index contributed by atoms with van der Waals surface area (Å²) in [5, 5.41) is 0. The molecule has 4 aromatic carbocycles. The van der Waals surface area contributed by atoms with Crippen molar-refractivity contribution in [3.63, 3.8) is 0 Å². The van der Waals surface area contributed by atoms with E-state index in [4.69, 9.17) is 13.8 Å². The maximum Gasteiger partial charge on any atom is 0.584 e. The third kappa shape index (κ3) is 5.55. The molecule has 6 rings (SSSR count). The quantitative estimate of drug-likeness (QED) is 0.219. The molecule has 0 fully saturated rings. The first-order valence-electron chi connectivity index (χ1n) is 12.6. The summed E-state index contributed by atoms with van der Waals surface area (Å²) in [7, 11) is -3.33. The van der Waals surface area contributed by atoms with E-state index in [0.29, 0.717) is 44.2 Å². The van der Waals surface area contributed by atoms with E-state index in [1.807, 2.05) is 19.1 Å². The minimum atomic E-state index is -4.86. The van der Waals surface area contributed by atoms with Crippen LogP contribution in [-0.2, 0) is 20.0 Å². The fourth-order valence-corrected chi connectivity index (χ4v) is 7.85. The number of rotatable bonds is 6. The van der Waals surface area contributed by atoms with Gasteiger partial charge >= 0.3 is 7.82 Å². The van der Waals surface area contributed by atoms with Gasteiger partial charge in [-0.3, -0.25) is 4.89 Å². The standard InChI is InChI=1S/C31H23F2O5PS2/c1-3-18-6-4-7-23-26(16-19-14-21(32)10-12-28(19)40-30(18)23)37-39(34,35)38-27-17-20-15-22(33)11-13-29(20)41-31-24(27)8-5-9-25(31)36-2/h4-17H,3H2,1-2H3,(H,34,35). The van der Waals surface area contributed by atoms with Gasteiger partial charge in [0.05, 0.1) is 12.0 Å². The zero-order valence-corrected chi connectivity index (χ0v) is 24.4. The molecule has 0 saturated carbocycles. The highest BCUT2D eigenvalue weighted by Gasteiger charge is 2.33. The van der Waals surface area contributed by atoms with Gasteiger partial charge in [0.2, 0.25) is 0 Å². The monoisotopic (exact) mass is 608 g/mol. The minimum absolute atomic E-state index is 0.0131. The van der Waals surface area contributed by atoms with Gasteiger partial charge in [-0.05, 0) is 83.8 Å². The van der Waals surface area contributed by atoms with Crippen molar-refractivity contribution in [3.05, 3.63) is 112 Å². The Morgan fingerprint density at radius 3 is 1.88 bits per heavy atom. The van der Waals surface area contributed by atoms with E-state index in [-0.39, 0.29) is 11.5 Å². The number of halogens is 2. The lowest BCUT2D eigenvalue weighted by molar-refractivity contribution is 0.264. The number of hydrogen-bond acceptors (Lipinski definition) is 6. The van der Waals surface area contributed by atoms with Crippen molar-refractivity contribution in [1.29, 1.82) is 0 Å². The lowest BCUT2D eigenvalue weighted by Crippen LogP contribution is -1.99. The SMILES string of the molecule is CCc1cccc2c1Sc1ccc(F)cc1C=C2OP(=O)(O)OC1=Cc2cc(F)ccc2Sc2c(OC)cccc21. The number of fused-ring (bicyclic) bond motifs is 4. The van der Waals surface area contributed by atoms with E-state index in [1.165, 1.54) is 61.0 Å². The number of aryl methyl sites for hydroxylation is 1. The molecule has 1 unspecified atom stereocenters. The molecule has 5 nitrogen and oxygen atoms in total. The van der Waals surface area contributed by atoms with Crippen molar-refractivity contribution in [2.45, 2.75) is 32.9 Å². The molecular formula is C31H23F2O5PS2. The largest absolute Gasteiger partial charge is 0.584 e. The Morgan fingerprint density at radius 2 is 1.32 bits per heavy atom. The van der Waals surface area contributed by atoms with Gasteiger partial charge < -0.3 is 13.8 Å². The number of phosphoric ester groups is 1. The normalized spacial score (nSPS) is 15.0. The molecule has 0 saturated heterocycles. The molecule has 0 radical (unpaired) electrons. The third-order valence-corrected chi connectivity index (χ3v) is 9.93. The topological polar surface area (TPSA) is 65.0 Å². The lowest BCUT2D eigenvalue weighted by atomic mass is 10.1. The Labute approximate surface area is 244 Å². The van der Waals surface area contributed by atoms with Crippen LogP contribution in [0, 0.1) is 11.6 Å². The summed E-state index contributed by atoms with van der Waals surface area (Å²) in [5.41, 5.74) is 3.05. The van der Waals surface area contributed by atoms with Crippen molar-refractivity contribution >= 4 is 55.0 Å². The van der Waals surface area contributed by atoms with E-state index >= 15 is 0 Å². The molecule has 0 spiro atoms. The summed E-state index contributed by atoms with van der Waals surface area (Å²) in [6, 6.07) is 19.5. The van der Waals surface area contributed by atoms with Gasteiger partial charge in [0.15, 0.2) is 0 Å². The molecule has 208 valence electrons. The fraction of sp³-hybridized carbons (Fsp3) is 0.0968. The summed E-state index contributed by atoms with van der Waals surface area (Å²) < 4.78 is 59.2. The zero-order valence-electron chi connectivity index (χ0n) is 21.9. The molecule has 10 heteroatoms. The van der Waals surface area contributed by atoms with Crippen LogP contribution in [0.25, 0.3) is 23.7 Å². The van der Waals surface area contributed by atoms with E-state index in [0.717, 1.165) is 15.4 Å². The van der Waals surface area contributed by atoms with Gasteiger partial charge in [-0.25, -0.2) is 13.3 Å². The second kappa shape index (κ2) is 11.1. The van der Waals surface area contributed by atoms with Gasteiger partial charge in [0, 0.05) is 25.8 Å². The molecule has 1 N–H and O–H groups in total. The van der Waals surface area contributed by atoms with E-state index < -0.39 is 19.5 Å². The summed E-state index contributed by atoms with van der Waals surface area (Å²) >= 11 is 2.78. The van der Waals surface area contributed by atoms with Crippen LogP contribution in [0.1, 0.15) is 34.7 Å². The smallest absolute Gasteiger partial charge is 0.496 e. The predicted molar refractivity (Wildman–Crippen MR) is 158 cm³/mol. The Kier molecular flexibility index (Phi) is 7.47. The van der Waals surface area contributed by atoms with Gasteiger partial charge in [0.1, 0.15) is 28.9 Å². The number of methoxy groups -OCH3 is 1. The van der Waals surface area contributed by atoms with Crippen LogP contribution in [0.15, 0.2) is 92.4 Å². The minimum Gasteiger partial charge on any atom is -0.496 e.